The van der Waals surface area contributed by atoms with E-state index < -0.39 is 16.1 Å². The predicted octanol–water partition coefficient (Wildman–Crippen LogP) is 3.49. The third kappa shape index (κ3) is 4.50. The van der Waals surface area contributed by atoms with Crippen molar-refractivity contribution in [2.45, 2.75) is 55.6 Å². The average Bonchev–Trinajstić information content (AvgIpc) is 2.89. The summed E-state index contributed by atoms with van der Waals surface area (Å²) < 4.78 is 29.6. The molecule has 0 fully saturated rings. The van der Waals surface area contributed by atoms with Gasteiger partial charge in [-0.3, -0.25) is 0 Å². The van der Waals surface area contributed by atoms with E-state index in [0.29, 0.717) is 22.6 Å². The number of hydrogen-bond donors (Lipinski definition) is 1. The van der Waals surface area contributed by atoms with Crippen molar-refractivity contribution in [2.75, 3.05) is 0 Å². The van der Waals surface area contributed by atoms with Crippen molar-refractivity contribution in [3.63, 3.8) is 0 Å². The molecule has 0 unspecified atom stereocenters. The fourth-order valence-electron chi connectivity index (χ4n) is 2.18. The molecule has 0 saturated heterocycles. The Morgan fingerprint density at radius 3 is 2.38 bits per heavy atom. The van der Waals surface area contributed by atoms with E-state index in [1.165, 1.54) is 12.1 Å². The molecule has 0 aliphatic heterocycles. The Labute approximate surface area is 152 Å². The normalized spacial score (nSPS) is 13.4. The van der Waals surface area contributed by atoms with Crippen LogP contribution >= 0.6 is 23.4 Å². The molecule has 0 bridgehead atoms. The van der Waals surface area contributed by atoms with Gasteiger partial charge in [-0.2, -0.15) is 0 Å². The minimum Gasteiger partial charge on any atom is -0.305 e. The van der Waals surface area contributed by atoms with E-state index in [2.05, 4.69) is 28.8 Å². The van der Waals surface area contributed by atoms with Gasteiger partial charge in [0.2, 0.25) is 10.0 Å². The van der Waals surface area contributed by atoms with Crippen molar-refractivity contribution >= 4 is 33.4 Å². The first kappa shape index (κ1) is 19.2. The standard InChI is InChI=1S/C15H21ClN4O2S2/c1-5-20-14(17-18-15(20)23-10(2)3)11(4)19-24(21,22)13-8-6-12(16)7-9-13/h6-11,19H,5H2,1-4H3/t11-/m1/s1. The van der Waals surface area contributed by atoms with Crippen LogP contribution in [0.15, 0.2) is 34.3 Å². The van der Waals surface area contributed by atoms with Crippen LogP contribution in [0.2, 0.25) is 5.02 Å². The van der Waals surface area contributed by atoms with Crippen LogP contribution in [0.1, 0.15) is 39.6 Å². The number of sulfonamides is 1. The topological polar surface area (TPSA) is 76.9 Å². The van der Waals surface area contributed by atoms with Gasteiger partial charge in [0.25, 0.3) is 0 Å². The van der Waals surface area contributed by atoms with E-state index in [4.69, 9.17) is 11.6 Å². The fraction of sp³-hybridized carbons (Fsp3) is 0.467. The number of aromatic nitrogens is 3. The lowest BCUT2D eigenvalue weighted by atomic mass is 10.3. The lowest BCUT2D eigenvalue weighted by Gasteiger charge is -2.15. The molecule has 1 N–H and O–H groups in total. The molecule has 132 valence electrons. The molecular weight excluding hydrogens is 368 g/mol. The Hall–Kier alpha value is -1.09. The molecule has 1 aromatic carbocycles. The molecule has 0 aliphatic carbocycles. The average molecular weight is 389 g/mol. The fourth-order valence-corrected chi connectivity index (χ4v) is 4.37. The maximum atomic E-state index is 12.5. The number of thioether (sulfide) groups is 1. The van der Waals surface area contributed by atoms with E-state index in [0.717, 1.165) is 5.16 Å². The minimum atomic E-state index is -3.66. The molecule has 2 rings (SSSR count). The van der Waals surface area contributed by atoms with Crippen LogP contribution < -0.4 is 4.72 Å². The minimum absolute atomic E-state index is 0.165. The lowest BCUT2D eigenvalue weighted by Crippen LogP contribution is -2.29. The van der Waals surface area contributed by atoms with Gasteiger partial charge in [-0.25, -0.2) is 13.1 Å². The third-order valence-electron chi connectivity index (χ3n) is 3.25. The van der Waals surface area contributed by atoms with E-state index in [-0.39, 0.29) is 4.90 Å². The Bertz CT molecular complexity index is 788. The van der Waals surface area contributed by atoms with Gasteiger partial charge >= 0.3 is 0 Å². The summed E-state index contributed by atoms with van der Waals surface area (Å²) in [5.74, 6) is 0.596. The van der Waals surface area contributed by atoms with Crippen LogP contribution in [-0.4, -0.2) is 28.4 Å². The van der Waals surface area contributed by atoms with Gasteiger partial charge < -0.3 is 4.57 Å². The summed E-state index contributed by atoms with van der Waals surface area (Å²) in [7, 11) is -3.66. The van der Waals surface area contributed by atoms with Crippen molar-refractivity contribution in [1.82, 2.24) is 19.5 Å². The van der Waals surface area contributed by atoms with Gasteiger partial charge in [-0.05, 0) is 38.1 Å². The van der Waals surface area contributed by atoms with E-state index in [9.17, 15) is 8.42 Å². The molecule has 24 heavy (non-hydrogen) atoms. The molecule has 0 amide bonds. The quantitative estimate of drug-likeness (QED) is 0.734. The molecule has 0 saturated carbocycles. The highest BCUT2D eigenvalue weighted by atomic mass is 35.5. The summed E-state index contributed by atoms with van der Waals surface area (Å²) in [6.07, 6.45) is 0. The van der Waals surface area contributed by atoms with E-state index in [1.54, 1.807) is 30.8 Å². The summed E-state index contributed by atoms with van der Waals surface area (Å²) >= 11 is 7.41. The van der Waals surface area contributed by atoms with Gasteiger partial charge in [0.15, 0.2) is 11.0 Å². The molecule has 0 spiro atoms. The van der Waals surface area contributed by atoms with Crippen LogP contribution in [-0.2, 0) is 16.6 Å². The maximum absolute atomic E-state index is 12.5. The maximum Gasteiger partial charge on any atom is 0.241 e. The van der Waals surface area contributed by atoms with Gasteiger partial charge in [0.1, 0.15) is 0 Å². The highest BCUT2D eigenvalue weighted by Crippen LogP contribution is 2.25. The van der Waals surface area contributed by atoms with Crippen molar-refractivity contribution in [2.24, 2.45) is 0 Å². The zero-order valence-corrected chi connectivity index (χ0v) is 16.4. The first-order valence-electron chi connectivity index (χ1n) is 7.62. The molecule has 9 heteroatoms. The zero-order chi connectivity index (χ0) is 17.9. The molecule has 1 atom stereocenters. The largest absolute Gasteiger partial charge is 0.305 e. The number of halogens is 1. The highest BCUT2D eigenvalue weighted by Gasteiger charge is 2.23. The number of nitrogens with zero attached hydrogens (tertiary/aromatic N) is 3. The Morgan fingerprint density at radius 1 is 1.21 bits per heavy atom. The molecule has 6 nitrogen and oxygen atoms in total. The summed E-state index contributed by atoms with van der Waals surface area (Å²) in [5, 5.41) is 10.0. The molecule has 1 heterocycles. The molecule has 0 aliphatic rings. The first-order valence-corrected chi connectivity index (χ1v) is 10.4. The van der Waals surface area contributed by atoms with Crippen molar-refractivity contribution in [3.8, 4) is 0 Å². The van der Waals surface area contributed by atoms with Gasteiger partial charge in [0.05, 0.1) is 10.9 Å². The molecular formula is C15H21ClN4O2S2. The number of benzene rings is 1. The van der Waals surface area contributed by atoms with Crippen LogP contribution in [0.5, 0.6) is 0 Å². The van der Waals surface area contributed by atoms with Crippen LogP contribution in [0.25, 0.3) is 0 Å². The summed E-state index contributed by atoms with van der Waals surface area (Å²) in [6.45, 7) is 8.56. The Balaban J connectivity index is 2.24. The van der Waals surface area contributed by atoms with Crippen LogP contribution in [0.4, 0.5) is 0 Å². The van der Waals surface area contributed by atoms with Crippen LogP contribution in [0.3, 0.4) is 0 Å². The smallest absolute Gasteiger partial charge is 0.241 e. The predicted molar refractivity (Wildman–Crippen MR) is 96.9 cm³/mol. The second-order valence-corrected chi connectivity index (χ2v) is 9.24. The van der Waals surface area contributed by atoms with E-state index in [1.807, 2.05) is 11.5 Å². The summed E-state index contributed by atoms with van der Waals surface area (Å²) in [5.41, 5.74) is 0. The second kappa shape index (κ2) is 7.86. The molecule has 0 radical (unpaired) electrons. The van der Waals surface area contributed by atoms with Crippen molar-refractivity contribution in [3.05, 3.63) is 35.1 Å². The lowest BCUT2D eigenvalue weighted by molar-refractivity contribution is 0.539. The second-order valence-electron chi connectivity index (χ2n) is 5.55. The monoisotopic (exact) mass is 388 g/mol. The van der Waals surface area contributed by atoms with Gasteiger partial charge in [-0.1, -0.05) is 37.2 Å². The Kier molecular flexibility index (Phi) is 6.30. The molecule has 1 aromatic heterocycles. The third-order valence-corrected chi connectivity index (χ3v) is 6.04. The number of nitrogens with one attached hydrogen (secondary N) is 1. The first-order chi connectivity index (χ1) is 11.2. The Morgan fingerprint density at radius 2 is 1.83 bits per heavy atom. The van der Waals surface area contributed by atoms with Crippen molar-refractivity contribution < 1.29 is 8.42 Å². The summed E-state index contributed by atoms with van der Waals surface area (Å²) in [4.78, 5) is 0.165. The van der Waals surface area contributed by atoms with E-state index >= 15 is 0 Å². The zero-order valence-electron chi connectivity index (χ0n) is 14.0. The van der Waals surface area contributed by atoms with Crippen LogP contribution in [0, 0.1) is 0 Å². The molecule has 2 aromatic rings. The van der Waals surface area contributed by atoms with Gasteiger partial charge in [0, 0.05) is 16.8 Å². The van der Waals surface area contributed by atoms with Gasteiger partial charge in [-0.15, -0.1) is 10.2 Å². The van der Waals surface area contributed by atoms with Crippen molar-refractivity contribution in [1.29, 1.82) is 0 Å². The number of hydrogen-bond acceptors (Lipinski definition) is 5. The number of rotatable bonds is 7. The SMILES string of the molecule is CCn1c(SC(C)C)nnc1[C@@H](C)NS(=O)(=O)c1ccc(Cl)cc1. The highest BCUT2D eigenvalue weighted by molar-refractivity contribution is 7.99. The summed E-state index contributed by atoms with van der Waals surface area (Å²) in [6, 6.07) is 5.54.